The SMILES string of the molecule is NC(=O)On1cnc2ccccc21. The van der Waals surface area contributed by atoms with Gasteiger partial charge in [0.25, 0.3) is 0 Å². The van der Waals surface area contributed by atoms with Crippen molar-refractivity contribution in [2.75, 3.05) is 0 Å². The molecule has 1 aromatic carbocycles. The van der Waals surface area contributed by atoms with E-state index >= 15 is 0 Å². The van der Waals surface area contributed by atoms with Crippen LogP contribution in [0.2, 0.25) is 0 Å². The minimum Gasteiger partial charge on any atom is -0.333 e. The zero-order valence-electron chi connectivity index (χ0n) is 6.68. The molecule has 1 amide bonds. The van der Waals surface area contributed by atoms with E-state index in [1.165, 1.54) is 11.1 Å². The summed E-state index contributed by atoms with van der Waals surface area (Å²) in [6.45, 7) is 0. The molecule has 0 saturated carbocycles. The molecule has 5 heteroatoms. The fourth-order valence-corrected chi connectivity index (χ4v) is 1.11. The van der Waals surface area contributed by atoms with Crippen molar-refractivity contribution in [1.29, 1.82) is 0 Å². The van der Waals surface area contributed by atoms with Crippen molar-refractivity contribution in [2.45, 2.75) is 0 Å². The Labute approximate surface area is 73.7 Å². The van der Waals surface area contributed by atoms with Crippen LogP contribution < -0.4 is 10.6 Å². The first kappa shape index (κ1) is 7.60. The summed E-state index contributed by atoms with van der Waals surface area (Å²) >= 11 is 0. The number of hydrogen-bond acceptors (Lipinski definition) is 3. The molecule has 0 atom stereocenters. The van der Waals surface area contributed by atoms with Gasteiger partial charge in [-0.15, -0.1) is 0 Å². The van der Waals surface area contributed by atoms with Gasteiger partial charge in [0.1, 0.15) is 11.8 Å². The number of hydrogen-bond donors (Lipinski definition) is 1. The molecule has 0 aliphatic rings. The minimum atomic E-state index is -0.858. The minimum absolute atomic E-state index is 0.710. The number of benzene rings is 1. The quantitative estimate of drug-likeness (QED) is 0.691. The van der Waals surface area contributed by atoms with Gasteiger partial charge >= 0.3 is 6.09 Å². The van der Waals surface area contributed by atoms with E-state index in [1.807, 2.05) is 18.2 Å². The summed E-state index contributed by atoms with van der Waals surface area (Å²) in [5.74, 6) is 0. The molecule has 0 fully saturated rings. The summed E-state index contributed by atoms with van der Waals surface area (Å²) in [4.78, 5) is 19.1. The molecule has 0 saturated heterocycles. The number of para-hydroxylation sites is 2. The Kier molecular flexibility index (Phi) is 1.63. The Morgan fingerprint density at radius 2 is 2.23 bits per heavy atom. The number of aromatic nitrogens is 2. The number of primary amides is 1. The van der Waals surface area contributed by atoms with E-state index in [1.54, 1.807) is 6.07 Å². The predicted octanol–water partition coefficient (Wildman–Crippen LogP) is 0.544. The first-order valence-corrected chi connectivity index (χ1v) is 3.67. The lowest BCUT2D eigenvalue weighted by Gasteiger charge is -1.99. The normalized spacial score (nSPS) is 10.2. The number of fused-ring (bicyclic) bond motifs is 1. The Morgan fingerprint density at radius 3 is 3.00 bits per heavy atom. The van der Waals surface area contributed by atoms with Crippen molar-refractivity contribution in [3.05, 3.63) is 30.6 Å². The highest BCUT2D eigenvalue weighted by atomic mass is 16.7. The van der Waals surface area contributed by atoms with Crippen LogP contribution in [0.3, 0.4) is 0 Å². The smallest absolute Gasteiger partial charge is 0.333 e. The molecule has 5 nitrogen and oxygen atoms in total. The van der Waals surface area contributed by atoms with E-state index in [0.717, 1.165) is 5.52 Å². The van der Waals surface area contributed by atoms with Crippen molar-refractivity contribution in [1.82, 2.24) is 9.71 Å². The lowest BCUT2D eigenvalue weighted by atomic mass is 10.3. The number of rotatable bonds is 1. The topological polar surface area (TPSA) is 70.1 Å². The lowest BCUT2D eigenvalue weighted by molar-refractivity contribution is 0.148. The maximum atomic E-state index is 10.5. The Morgan fingerprint density at radius 1 is 1.46 bits per heavy atom. The molecular formula is C8H7N3O2. The average Bonchev–Trinajstić information content (AvgIpc) is 2.48. The van der Waals surface area contributed by atoms with Crippen LogP contribution >= 0.6 is 0 Å². The molecule has 0 radical (unpaired) electrons. The maximum absolute atomic E-state index is 10.5. The van der Waals surface area contributed by atoms with Crippen molar-refractivity contribution in [3.63, 3.8) is 0 Å². The van der Waals surface area contributed by atoms with E-state index in [9.17, 15) is 4.79 Å². The summed E-state index contributed by atoms with van der Waals surface area (Å²) in [5, 5.41) is 0. The highest BCUT2D eigenvalue weighted by molar-refractivity contribution is 5.75. The second kappa shape index (κ2) is 2.78. The molecule has 2 aromatic rings. The Balaban J connectivity index is 2.51. The van der Waals surface area contributed by atoms with Gasteiger partial charge in [-0.25, -0.2) is 9.78 Å². The number of nitrogens with zero attached hydrogens (tertiary/aromatic N) is 2. The van der Waals surface area contributed by atoms with Gasteiger partial charge in [0.05, 0.1) is 5.52 Å². The third kappa shape index (κ3) is 1.31. The summed E-state index contributed by atoms with van der Waals surface area (Å²) < 4.78 is 1.23. The van der Waals surface area contributed by atoms with Crippen molar-refractivity contribution in [3.8, 4) is 0 Å². The molecule has 2 N–H and O–H groups in total. The summed E-state index contributed by atoms with van der Waals surface area (Å²) in [6.07, 6.45) is 0.540. The maximum Gasteiger partial charge on any atom is 0.429 e. The molecule has 0 aliphatic heterocycles. The summed E-state index contributed by atoms with van der Waals surface area (Å²) in [7, 11) is 0. The summed E-state index contributed by atoms with van der Waals surface area (Å²) in [6, 6.07) is 7.27. The van der Waals surface area contributed by atoms with Gasteiger partial charge < -0.3 is 10.6 Å². The van der Waals surface area contributed by atoms with E-state index in [2.05, 4.69) is 9.82 Å². The third-order valence-electron chi connectivity index (χ3n) is 1.61. The molecule has 1 heterocycles. The van der Waals surface area contributed by atoms with Gasteiger partial charge in [-0.1, -0.05) is 12.1 Å². The molecule has 66 valence electrons. The van der Waals surface area contributed by atoms with E-state index < -0.39 is 6.09 Å². The largest absolute Gasteiger partial charge is 0.429 e. The van der Waals surface area contributed by atoms with E-state index in [0.29, 0.717) is 5.52 Å². The number of nitrogens with two attached hydrogens (primary N) is 1. The Hall–Kier alpha value is -2.04. The second-order valence-corrected chi connectivity index (χ2v) is 2.47. The molecule has 0 unspecified atom stereocenters. The molecule has 1 aromatic heterocycles. The van der Waals surface area contributed by atoms with Gasteiger partial charge in [-0.05, 0) is 12.1 Å². The number of carbonyl (C=O) groups is 1. The monoisotopic (exact) mass is 177 g/mol. The van der Waals surface area contributed by atoms with Crippen LogP contribution in [0.1, 0.15) is 0 Å². The van der Waals surface area contributed by atoms with Crippen LogP contribution in [0.15, 0.2) is 30.6 Å². The lowest BCUT2D eigenvalue weighted by Crippen LogP contribution is -2.24. The molecule has 13 heavy (non-hydrogen) atoms. The van der Waals surface area contributed by atoms with Crippen LogP contribution in [-0.4, -0.2) is 15.8 Å². The molecule has 2 rings (SSSR count). The highest BCUT2D eigenvalue weighted by Crippen LogP contribution is 2.09. The van der Waals surface area contributed by atoms with E-state index in [-0.39, 0.29) is 0 Å². The molecule has 0 spiro atoms. The van der Waals surface area contributed by atoms with Crippen molar-refractivity contribution >= 4 is 17.1 Å². The van der Waals surface area contributed by atoms with Crippen molar-refractivity contribution in [2.24, 2.45) is 5.73 Å². The number of amides is 1. The molecule has 0 bridgehead atoms. The third-order valence-corrected chi connectivity index (χ3v) is 1.61. The summed E-state index contributed by atoms with van der Waals surface area (Å²) in [5.41, 5.74) is 6.33. The standard InChI is InChI=1S/C8H7N3O2/c9-8(12)13-11-5-10-6-3-1-2-4-7(6)11/h1-5H,(H2,9,12). The van der Waals surface area contributed by atoms with Gasteiger partial charge in [0.15, 0.2) is 0 Å². The van der Waals surface area contributed by atoms with Crippen LogP contribution in [0.4, 0.5) is 4.79 Å². The van der Waals surface area contributed by atoms with Crippen LogP contribution in [0, 0.1) is 0 Å². The molecular weight excluding hydrogens is 170 g/mol. The van der Waals surface area contributed by atoms with E-state index in [4.69, 9.17) is 5.73 Å². The predicted molar refractivity (Wildman–Crippen MR) is 45.9 cm³/mol. The number of imidazole rings is 1. The highest BCUT2D eigenvalue weighted by Gasteiger charge is 2.03. The van der Waals surface area contributed by atoms with Gasteiger partial charge in [0.2, 0.25) is 0 Å². The fraction of sp³-hybridized carbons (Fsp3) is 0. The zero-order chi connectivity index (χ0) is 9.26. The number of carbonyl (C=O) groups excluding carboxylic acids is 1. The first-order chi connectivity index (χ1) is 6.27. The van der Waals surface area contributed by atoms with Crippen LogP contribution in [0.5, 0.6) is 0 Å². The van der Waals surface area contributed by atoms with Crippen molar-refractivity contribution < 1.29 is 9.63 Å². The van der Waals surface area contributed by atoms with Gasteiger partial charge in [-0.2, -0.15) is 4.73 Å². The second-order valence-electron chi connectivity index (χ2n) is 2.47. The van der Waals surface area contributed by atoms with Crippen LogP contribution in [0.25, 0.3) is 11.0 Å². The zero-order valence-corrected chi connectivity index (χ0v) is 6.68. The first-order valence-electron chi connectivity index (χ1n) is 3.67. The van der Waals surface area contributed by atoms with Gasteiger partial charge in [0, 0.05) is 0 Å². The molecule has 0 aliphatic carbocycles. The van der Waals surface area contributed by atoms with Crippen LogP contribution in [-0.2, 0) is 0 Å². The average molecular weight is 177 g/mol. The fourth-order valence-electron chi connectivity index (χ4n) is 1.11. The Bertz CT molecular complexity index is 449. The van der Waals surface area contributed by atoms with Gasteiger partial charge in [-0.3, -0.25) is 0 Å².